The molecule has 0 N–H and O–H groups in total. The van der Waals surface area contributed by atoms with E-state index < -0.39 is 0 Å². The zero-order valence-corrected chi connectivity index (χ0v) is 9.48. The monoisotopic (exact) mass is 230 g/mol. The van der Waals surface area contributed by atoms with Crippen molar-refractivity contribution in [2.24, 2.45) is 0 Å². The average molecular weight is 231 g/mol. The van der Waals surface area contributed by atoms with E-state index in [9.17, 15) is 0 Å². The van der Waals surface area contributed by atoms with E-state index in [1.807, 2.05) is 18.3 Å². The predicted molar refractivity (Wildman–Crippen MR) is 66.4 cm³/mol. The second-order valence-electron chi connectivity index (χ2n) is 3.87. The summed E-state index contributed by atoms with van der Waals surface area (Å²) >= 11 is 5.94. The van der Waals surface area contributed by atoms with E-state index in [0.717, 1.165) is 13.0 Å². The lowest BCUT2D eigenvalue weighted by molar-refractivity contribution is 0.996. The molecular formula is C13H11ClN2. The summed E-state index contributed by atoms with van der Waals surface area (Å²) in [5.41, 5.74) is 3.67. The van der Waals surface area contributed by atoms with Gasteiger partial charge < -0.3 is 4.90 Å². The van der Waals surface area contributed by atoms with Crippen molar-refractivity contribution in [1.82, 2.24) is 4.98 Å². The third-order valence-corrected chi connectivity index (χ3v) is 3.10. The Bertz CT molecular complexity index is 511. The number of nitrogens with zero attached hydrogens (tertiary/aromatic N) is 2. The van der Waals surface area contributed by atoms with Crippen LogP contribution in [0.2, 0.25) is 5.15 Å². The van der Waals surface area contributed by atoms with Crippen molar-refractivity contribution in [3.63, 3.8) is 0 Å². The molecular weight excluding hydrogens is 220 g/mol. The van der Waals surface area contributed by atoms with Crippen LogP contribution in [0.15, 0.2) is 42.6 Å². The summed E-state index contributed by atoms with van der Waals surface area (Å²) < 4.78 is 0. The molecule has 2 nitrogen and oxygen atoms in total. The molecule has 80 valence electrons. The van der Waals surface area contributed by atoms with Crippen LogP contribution in [0, 0.1) is 0 Å². The first-order valence-corrected chi connectivity index (χ1v) is 5.69. The van der Waals surface area contributed by atoms with Gasteiger partial charge in [-0.2, -0.15) is 0 Å². The predicted octanol–water partition coefficient (Wildman–Crippen LogP) is 3.43. The molecule has 1 aromatic heterocycles. The minimum atomic E-state index is 0.557. The Morgan fingerprint density at radius 1 is 1.19 bits per heavy atom. The van der Waals surface area contributed by atoms with Crippen LogP contribution in [0.25, 0.3) is 0 Å². The number of pyridine rings is 1. The summed E-state index contributed by atoms with van der Waals surface area (Å²) in [4.78, 5) is 6.40. The quantitative estimate of drug-likeness (QED) is 0.698. The molecule has 0 radical (unpaired) electrons. The van der Waals surface area contributed by atoms with Crippen LogP contribution >= 0.6 is 11.6 Å². The number of anilines is 2. The van der Waals surface area contributed by atoms with Gasteiger partial charge in [-0.3, -0.25) is 0 Å². The van der Waals surface area contributed by atoms with Crippen molar-refractivity contribution in [2.75, 3.05) is 11.4 Å². The Kier molecular flexibility index (Phi) is 2.29. The number of aromatic nitrogens is 1. The second kappa shape index (κ2) is 3.80. The van der Waals surface area contributed by atoms with E-state index >= 15 is 0 Å². The Morgan fingerprint density at radius 3 is 2.81 bits per heavy atom. The molecule has 1 aromatic carbocycles. The molecule has 2 aromatic rings. The summed E-state index contributed by atoms with van der Waals surface area (Å²) in [5.74, 6) is 0. The largest absolute Gasteiger partial charge is 0.341 e. The first-order chi connectivity index (χ1) is 7.84. The van der Waals surface area contributed by atoms with Crippen LogP contribution in [0.4, 0.5) is 11.4 Å². The third-order valence-electron chi connectivity index (χ3n) is 2.89. The molecule has 3 rings (SSSR count). The number of hydrogen-bond acceptors (Lipinski definition) is 2. The molecule has 0 bridgehead atoms. The fourth-order valence-electron chi connectivity index (χ4n) is 2.12. The van der Waals surface area contributed by atoms with Gasteiger partial charge in [-0.25, -0.2) is 4.98 Å². The molecule has 0 saturated carbocycles. The lowest BCUT2D eigenvalue weighted by Crippen LogP contribution is -2.12. The highest BCUT2D eigenvalue weighted by Crippen LogP contribution is 2.34. The van der Waals surface area contributed by atoms with Crippen LogP contribution in [-0.2, 0) is 6.42 Å². The Balaban J connectivity index is 2.06. The third kappa shape index (κ3) is 1.55. The average Bonchev–Trinajstić information content (AvgIpc) is 2.73. The van der Waals surface area contributed by atoms with Crippen molar-refractivity contribution in [3.05, 3.63) is 53.3 Å². The molecule has 0 amide bonds. The van der Waals surface area contributed by atoms with Gasteiger partial charge in [-0.05, 0) is 30.2 Å². The van der Waals surface area contributed by atoms with Gasteiger partial charge in [0.2, 0.25) is 0 Å². The summed E-state index contributed by atoms with van der Waals surface area (Å²) in [6.45, 7) is 1.00. The minimum Gasteiger partial charge on any atom is -0.341 e. The number of halogens is 1. The molecule has 0 spiro atoms. The highest BCUT2D eigenvalue weighted by atomic mass is 35.5. The van der Waals surface area contributed by atoms with E-state index in [4.69, 9.17) is 11.6 Å². The van der Waals surface area contributed by atoms with E-state index in [1.165, 1.54) is 16.9 Å². The summed E-state index contributed by atoms with van der Waals surface area (Å²) in [6.07, 6.45) is 2.91. The van der Waals surface area contributed by atoms with Gasteiger partial charge in [0, 0.05) is 24.1 Å². The molecule has 0 unspecified atom stereocenters. The van der Waals surface area contributed by atoms with Gasteiger partial charge in [0.15, 0.2) is 0 Å². The number of benzene rings is 1. The van der Waals surface area contributed by atoms with Gasteiger partial charge in [-0.15, -0.1) is 0 Å². The summed E-state index contributed by atoms with van der Waals surface area (Å²) in [5, 5.41) is 0.557. The molecule has 0 saturated heterocycles. The maximum Gasteiger partial charge on any atom is 0.131 e. The normalized spacial score (nSPS) is 13.9. The van der Waals surface area contributed by atoms with Crippen molar-refractivity contribution in [1.29, 1.82) is 0 Å². The van der Waals surface area contributed by atoms with Gasteiger partial charge in [-0.1, -0.05) is 29.8 Å². The van der Waals surface area contributed by atoms with Crippen molar-refractivity contribution in [3.8, 4) is 0 Å². The van der Waals surface area contributed by atoms with Crippen molar-refractivity contribution >= 4 is 23.0 Å². The second-order valence-corrected chi connectivity index (χ2v) is 4.26. The number of fused-ring (bicyclic) bond motifs is 1. The zero-order chi connectivity index (χ0) is 11.0. The zero-order valence-electron chi connectivity index (χ0n) is 8.73. The van der Waals surface area contributed by atoms with Gasteiger partial charge in [0.05, 0.1) is 0 Å². The van der Waals surface area contributed by atoms with Crippen LogP contribution in [0.5, 0.6) is 0 Å². The first kappa shape index (κ1) is 9.67. The number of hydrogen-bond donors (Lipinski definition) is 0. The summed E-state index contributed by atoms with van der Waals surface area (Å²) in [6, 6.07) is 12.3. The molecule has 16 heavy (non-hydrogen) atoms. The molecule has 1 aliphatic rings. The first-order valence-electron chi connectivity index (χ1n) is 5.31. The Labute approximate surface area is 99.5 Å². The standard InChI is InChI=1S/C13H11ClN2/c14-13-8-12-10(9-15-13)6-7-16(12)11-4-2-1-3-5-11/h1-5,8-9H,6-7H2. The maximum absolute atomic E-state index is 5.94. The van der Waals surface area contributed by atoms with Crippen LogP contribution in [0.3, 0.4) is 0 Å². The van der Waals surface area contributed by atoms with Gasteiger partial charge in [0.25, 0.3) is 0 Å². The molecule has 0 fully saturated rings. The highest BCUT2D eigenvalue weighted by Gasteiger charge is 2.20. The molecule has 0 aliphatic carbocycles. The van der Waals surface area contributed by atoms with Gasteiger partial charge in [0.1, 0.15) is 5.15 Å². The molecule has 3 heteroatoms. The highest BCUT2D eigenvalue weighted by molar-refractivity contribution is 6.29. The van der Waals surface area contributed by atoms with Crippen LogP contribution in [0.1, 0.15) is 5.56 Å². The fourth-order valence-corrected chi connectivity index (χ4v) is 2.27. The Hall–Kier alpha value is -1.54. The smallest absolute Gasteiger partial charge is 0.131 e. The van der Waals surface area contributed by atoms with E-state index in [2.05, 4.69) is 34.1 Å². The van der Waals surface area contributed by atoms with E-state index in [1.54, 1.807) is 0 Å². The SMILES string of the molecule is Clc1cc2c(cn1)CCN2c1ccccc1. The minimum absolute atomic E-state index is 0.557. The summed E-state index contributed by atoms with van der Waals surface area (Å²) in [7, 11) is 0. The van der Waals surface area contributed by atoms with Crippen LogP contribution < -0.4 is 4.90 Å². The van der Waals surface area contributed by atoms with E-state index in [0.29, 0.717) is 5.15 Å². The van der Waals surface area contributed by atoms with Crippen LogP contribution in [-0.4, -0.2) is 11.5 Å². The molecule has 2 heterocycles. The maximum atomic E-state index is 5.94. The lowest BCUT2D eigenvalue weighted by Gasteiger charge is -2.19. The fraction of sp³-hybridized carbons (Fsp3) is 0.154. The lowest BCUT2D eigenvalue weighted by atomic mass is 10.2. The topological polar surface area (TPSA) is 16.1 Å². The molecule has 1 aliphatic heterocycles. The van der Waals surface area contributed by atoms with Crippen molar-refractivity contribution < 1.29 is 0 Å². The van der Waals surface area contributed by atoms with Crippen molar-refractivity contribution in [2.45, 2.75) is 6.42 Å². The number of rotatable bonds is 1. The Morgan fingerprint density at radius 2 is 2.00 bits per heavy atom. The van der Waals surface area contributed by atoms with E-state index in [-0.39, 0.29) is 0 Å². The van der Waals surface area contributed by atoms with Gasteiger partial charge >= 0.3 is 0 Å². The molecule has 0 atom stereocenters. The number of para-hydroxylation sites is 1.